The number of hydrogen-bond acceptors (Lipinski definition) is 2. The number of aryl methyl sites for hydroxylation is 2. The van der Waals surface area contributed by atoms with Crippen molar-refractivity contribution in [2.75, 3.05) is 5.32 Å². The highest BCUT2D eigenvalue weighted by molar-refractivity contribution is 6.31. The van der Waals surface area contributed by atoms with Gasteiger partial charge < -0.3 is 10.3 Å². The van der Waals surface area contributed by atoms with Crippen LogP contribution in [0.1, 0.15) is 16.8 Å². The van der Waals surface area contributed by atoms with E-state index in [0.717, 1.165) is 27.7 Å². The maximum atomic E-state index is 12.5. The van der Waals surface area contributed by atoms with E-state index in [0.29, 0.717) is 10.7 Å². The van der Waals surface area contributed by atoms with Crippen LogP contribution in [0.2, 0.25) is 5.02 Å². The normalized spacial score (nSPS) is 11.4. The highest BCUT2D eigenvalue weighted by Gasteiger charge is 2.14. The van der Waals surface area contributed by atoms with Gasteiger partial charge in [-0.3, -0.25) is 4.79 Å². The van der Waals surface area contributed by atoms with E-state index >= 15 is 0 Å². The third kappa shape index (κ3) is 3.42. The predicted molar refractivity (Wildman–Crippen MR) is 101 cm³/mol. The maximum absolute atomic E-state index is 12.5. The Morgan fingerprint density at radius 3 is 2.76 bits per heavy atom. The monoisotopic (exact) mass is 349 g/mol. The van der Waals surface area contributed by atoms with Gasteiger partial charge >= 0.3 is 0 Å². The molecule has 4 nitrogen and oxygen atoms in total. The van der Waals surface area contributed by atoms with Gasteiger partial charge in [0.05, 0.1) is 0 Å². The number of benzene rings is 2. The molecule has 0 unspecified atom stereocenters. The van der Waals surface area contributed by atoms with E-state index in [2.05, 4.69) is 10.3 Å². The number of nitrogens with zero attached hydrogens (tertiary/aromatic N) is 1. The molecule has 1 heterocycles. The number of aromatic nitrogens is 1. The molecule has 0 aliphatic heterocycles. The largest absolute Gasteiger partial charge is 0.358 e. The number of carbonyl (C=O) groups is 1. The Kier molecular flexibility index (Phi) is 4.60. The Balaban J connectivity index is 1.97. The van der Waals surface area contributed by atoms with Crippen LogP contribution < -0.4 is 5.32 Å². The van der Waals surface area contributed by atoms with Crippen LogP contribution in [0.5, 0.6) is 0 Å². The second-order valence-corrected chi connectivity index (χ2v) is 6.23. The number of nitrogens with one attached hydrogen (secondary N) is 2. The van der Waals surface area contributed by atoms with Gasteiger partial charge in [0, 0.05) is 32.9 Å². The lowest BCUT2D eigenvalue weighted by Gasteiger charge is -2.08. The number of para-hydroxylation sites is 1. The molecule has 2 aromatic carbocycles. The predicted octanol–water partition coefficient (Wildman–Crippen LogP) is 4.98. The summed E-state index contributed by atoms with van der Waals surface area (Å²) in [6.45, 7) is 3.78. The van der Waals surface area contributed by atoms with Gasteiger partial charge in [-0.05, 0) is 43.7 Å². The van der Waals surface area contributed by atoms with Gasteiger partial charge in [0.15, 0.2) is 0 Å². The summed E-state index contributed by atoms with van der Waals surface area (Å²) in [6.07, 6.45) is 1.61. The van der Waals surface area contributed by atoms with Crippen molar-refractivity contribution < 1.29 is 4.79 Å². The van der Waals surface area contributed by atoms with E-state index in [1.165, 1.54) is 0 Å². The van der Waals surface area contributed by atoms with Crippen molar-refractivity contribution >= 4 is 40.2 Å². The highest BCUT2D eigenvalue weighted by Crippen LogP contribution is 2.25. The Morgan fingerprint density at radius 1 is 1.24 bits per heavy atom. The topological polar surface area (TPSA) is 68.7 Å². The van der Waals surface area contributed by atoms with Gasteiger partial charge in [0.2, 0.25) is 0 Å². The molecule has 3 aromatic rings. The SMILES string of the molecule is Cc1ccc(Cl)cc1NC(=O)/C(C#N)=C/c1c(C)[nH]c2ccccc12. The molecule has 2 N–H and O–H groups in total. The number of nitriles is 1. The molecule has 1 amide bonds. The fraction of sp³-hybridized carbons (Fsp3) is 0.100. The van der Waals surface area contributed by atoms with E-state index in [1.807, 2.05) is 50.2 Å². The third-order valence-electron chi connectivity index (χ3n) is 4.04. The molecule has 0 saturated heterocycles. The van der Waals surface area contributed by atoms with Crippen molar-refractivity contribution in [3.8, 4) is 6.07 Å². The van der Waals surface area contributed by atoms with E-state index in [-0.39, 0.29) is 5.57 Å². The fourth-order valence-electron chi connectivity index (χ4n) is 2.70. The zero-order valence-corrected chi connectivity index (χ0v) is 14.6. The quantitative estimate of drug-likeness (QED) is 0.517. The second kappa shape index (κ2) is 6.84. The van der Waals surface area contributed by atoms with Crippen LogP contribution in [0.4, 0.5) is 5.69 Å². The highest BCUT2D eigenvalue weighted by atomic mass is 35.5. The van der Waals surface area contributed by atoms with Gasteiger partial charge in [-0.1, -0.05) is 35.9 Å². The number of hydrogen-bond donors (Lipinski definition) is 2. The molecule has 0 atom stereocenters. The van der Waals surface area contributed by atoms with E-state index in [4.69, 9.17) is 11.6 Å². The number of halogens is 1. The van der Waals surface area contributed by atoms with Crippen LogP contribution >= 0.6 is 11.6 Å². The molecule has 0 aliphatic carbocycles. The first-order chi connectivity index (χ1) is 12.0. The average molecular weight is 350 g/mol. The molecule has 0 aliphatic rings. The summed E-state index contributed by atoms with van der Waals surface area (Å²) < 4.78 is 0. The van der Waals surface area contributed by atoms with Crippen molar-refractivity contribution in [3.63, 3.8) is 0 Å². The number of rotatable bonds is 3. The van der Waals surface area contributed by atoms with Crippen molar-refractivity contribution in [2.24, 2.45) is 0 Å². The molecule has 0 bridgehead atoms. The molecule has 1 aromatic heterocycles. The van der Waals surface area contributed by atoms with Gasteiger partial charge in [-0.2, -0.15) is 5.26 Å². The number of fused-ring (bicyclic) bond motifs is 1. The van der Waals surface area contributed by atoms with E-state index in [9.17, 15) is 10.1 Å². The first-order valence-electron chi connectivity index (χ1n) is 7.76. The van der Waals surface area contributed by atoms with Gasteiger partial charge in [-0.25, -0.2) is 0 Å². The molecular formula is C20H16ClN3O. The van der Waals surface area contributed by atoms with Gasteiger partial charge in [0.1, 0.15) is 11.6 Å². The molecule has 0 fully saturated rings. The smallest absolute Gasteiger partial charge is 0.266 e. The second-order valence-electron chi connectivity index (χ2n) is 5.79. The fourth-order valence-corrected chi connectivity index (χ4v) is 2.87. The van der Waals surface area contributed by atoms with Crippen molar-refractivity contribution in [1.29, 1.82) is 5.26 Å². The van der Waals surface area contributed by atoms with Crippen LogP contribution in [-0.2, 0) is 4.79 Å². The Morgan fingerprint density at radius 2 is 2.00 bits per heavy atom. The zero-order valence-electron chi connectivity index (χ0n) is 13.9. The Bertz CT molecular complexity index is 1040. The van der Waals surface area contributed by atoms with Crippen molar-refractivity contribution in [1.82, 2.24) is 4.98 Å². The molecule has 0 saturated carbocycles. The lowest BCUT2D eigenvalue weighted by Crippen LogP contribution is -2.14. The third-order valence-corrected chi connectivity index (χ3v) is 4.28. The van der Waals surface area contributed by atoms with Crippen molar-refractivity contribution in [2.45, 2.75) is 13.8 Å². The van der Waals surface area contributed by atoms with Crippen LogP contribution in [0.15, 0.2) is 48.0 Å². The lowest BCUT2D eigenvalue weighted by atomic mass is 10.1. The van der Waals surface area contributed by atoms with Gasteiger partial charge in [-0.15, -0.1) is 0 Å². The average Bonchev–Trinajstić information content (AvgIpc) is 2.91. The first kappa shape index (κ1) is 16.8. The Labute approximate surface area is 150 Å². The first-order valence-corrected chi connectivity index (χ1v) is 8.14. The summed E-state index contributed by atoms with van der Waals surface area (Å²) in [5.74, 6) is -0.461. The minimum atomic E-state index is -0.461. The van der Waals surface area contributed by atoms with Crippen LogP contribution in [0.3, 0.4) is 0 Å². The maximum Gasteiger partial charge on any atom is 0.266 e. The summed E-state index contributed by atoms with van der Waals surface area (Å²) in [6, 6.07) is 15.0. The van der Waals surface area contributed by atoms with Crippen LogP contribution in [-0.4, -0.2) is 10.9 Å². The summed E-state index contributed by atoms with van der Waals surface area (Å²) in [7, 11) is 0. The van der Waals surface area contributed by atoms with E-state index in [1.54, 1.807) is 18.2 Å². The van der Waals surface area contributed by atoms with Crippen molar-refractivity contribution in [3.05, 3.63) is 69.9 Å². The number of carbonyl (C=O) groups excluding carboxylic acids is 1. The Hall–Kier alpha value is -3.03. The molecular weight excluding hydrogens is 334 g/mol. The minimum absolute atomic E-state index is 0.0345. The molecule has 0 spiro atoms. The van der Waals surface area contributed by atoms with Gasteiger partial charge in [0.25, 0.3) is 5.91 Å². The van der Waals surface area contributed by atoms with Crippen LogP contribution in [0.25, 0.3) is 17.0 Å². The number of anilines is 1. The number of aromatic amines is 1. The molecule has 3 rings (SSSR count). The zero-order chi connectivity index (χ0) is 18.0. The molecule has 5 heteroatoms. The molecule has 0 radical (unpaired) electrons. The van der Waals surface area contributed by atoms with Crippen LogP contribution in [0, 0.1) is 25.2 Å². The standard InChI is InChI=1S/C20H16ClN3O/c1-12-7-8-15(21)10-19(12)24-20(25)14(11-22)9-17-13(2)23-18-6-4-3-5-16(17)18/h3-10,23H,1-2H3,(H,24,25)/b14-9+. The summed E-state index contributed by atoms with van der Waals surface area (Å²) in [5, 5.41) is 13.7. The number of H-pyrrole nitrogens is 1. The summed E-state index contributed by atoms with van der Waals surface area (Å²) >= 11 is 5.98. The number of amides is 1. The minimum Gasteiger partial charge on any atom is -0.358 e. The summed E-state index contributed by atoms with van der Waals surface area (Å²) in [4.78, 5) is 15.8. The van der Waals surface area contributed by atoms with E-state index < -0.39 is 5.91 Å². The molecule has 124 valence electrons. The lowest BCUT2D eigenvalue weighted by molar-refractivity contribution is -0.112. The molecule has 25 heavy (non-hydrogen) atoms. The summed E-state index contributed by atoms with van der Waals surface area (Å²) in [5.41, 5.74) is 4.21.